The number of thioether (sulfide) groups is 1. The van der Waals surface area contributed by atoms with Crippen molar-refractivity contribution in [3.8, 4) is 0 Å². The van der Waals surface area contributed by atoms with Crippen molar-refractivity contribution in [1.82, 2.24) is 20.9 Å². The molecule has 0 radical (unpaired) electrons. The zero-order valence-corrected chi connectivity index (χ0v) is 23.9. The molecule has 1 heterocycles. The second-order valence-corrected chi connectivity index (χ2v) is 10.7. The lowest BCUT2D eigenvalue weighted by Crippen LogP contribution is -2.58. The number of carboxylic acids is 2. The number of hydrogen-bond acceptors (Lipinski definition) is 7. The van der Waals surface area contributed by atoms with Crippen LogP contribution in [0.1, 0.15) is 24.0 Å². The molecule has 0 aliphatic carbocycles. The summed E-state index contributed by atoms with van der Waals surface area (Å²) in [6, 6.07) is 11.3. The SMILES string of the molecule is CSCCC(NC(=O)C(N)CC(=O)O)C(=O)NC(Cc1c[nH]c2ccccc12)C(=O)NC(Cc1ccccc1)C(=O)O. The van der Waals surface area contributed by atoms with Gasteiger partial charge in [0.25, 0.3) is 0 Å². The van der Waals surface area contributed by atoms with Crippen LogP contribution in [0, 0.1) is 0 Å². The van der Waals surface area contributed by atoms with Gasteiger partial charge in [0.15, 0.2) is 0 Å². The van der Waals surface area contributed by atoms with E-state index in [1.807, 2.05) is 30.5 Å². The van der Waals surface area contributed by atoms with Gasteiger partial charge in [-0.1, -0.05) is 48.5 Å². The number of carbonyl (C=O) groups is 5. The summed E-state index contributed by atoms with van der Waals surface area (Å²) in [6.07, 6.45) is 3.16. The molecule has 3 amide bonds. The van der Waals surface area contributed by atoms with Crippen LogP contribution in [0.15, 0.2) is 60.8 Å². The minimum Gasteiger partial charge on any atom is -0.481 e. The Morgan fingerprint density at radius 1 is 0.833 bits per heavy atom. The van der Waals surface area contributed by atoms with Crippen molar-refractivity contribution >= 4 is 52.3 Å². The van der Waals surface area contributed by atoms with Gasteiger partial charge < -0.3 is 36.9 Å². The lowest BCUT2D eigenvalue weighted by Gasteiger charge is -2.25. The number of para-hydroxylation sites is 1. The average Bonchev–Trinajstić information content (AvgIpc) is 3.37. The van der Waals surface area contributed by atoms with Crippen molar-refractivity contribution in [3.63, 3.8) is 0 Å². The predicted molar refractivity (Wildman–Crippen MR) is 159 cm³/mol. The van der Waals surface area contributed by atoms with E-state index in [-0.39, 0.29) is 19.3 Å². The van der Waals surface area contributed by atoms with Gasteiger partial charge >= 0.3 is 11.9 Å². The first-order valence-electron chi connectivity index (χ1n) is 13.3. The van der Waals surface area contributed by atoms with Crippen LogP contribution in [-0.4, -0.2) is 81.0 Å². The molecule has 0 bridgehead atoms. The second-order valence-electron chi connectivity index (χ2n) is 9.76. The minimum absolute atomic E-state index is 0.0288. The van der Waals surface area contributed by atoms with Crippen LogP contribution in [0.4, 0.5) is 0 Å². The maximum atomic E-state index is 13.6. The van der Waals surface area contributed by atoms with E-state index in [1.54, 1.807) is 36.5 Å². The quantitative estimate of drug-likeness (QED) is 0.126. The maximum Gasteiger partial charge on any atom is 0.326 e. The Balaban J connectivity index is 1.85. The molecule has 2 aromatic carbocycles. The summed E-state index contributed by atoms with van der Waals surface area (Å²) in [5, 5.41) is 27.4. The summed E-state index contributed by atoms with van der Waals surface area (Å²) < 4.78 is 0. The van der Waals surface area contributed by atoms with E-state index < -0.39 is 60.2 Å². The highest BCUT2D eigenvalue weighted by Gasteiger charge is 2.31. The fourth-order valence-corrected chi connectivity index (χ4v) is 4.86. The standard InChI is InChI=1S/C29H35N5O7S/c1-42-12-11-22(32-26(37)20(30)15-25(35)36)27(38)33-23(14-18-16-31-21-10-6-5-9-19(18)21)28(39)34-24(29(40)41)13-17-7-3-2-4-8-17/h2-10,16,20,22-24,31H,11-15,30H2,1H3,(H,32,37)(H,33,38)(H,34,39)(H,35,36)(H,40,41). The van der Waals surface area contributed by atoms with E-state index >= 15 is 0 Å². The molecule has 3 aromatic rings. The van der Waals surface area contributed by atoms with Crippen LogP contribution < -0.4 is 21.7 Å². The van der Waals surface area contributed by atoms with Gasteiger partial charge in [0.05, 0.1) is 12.5 Å². The molecule has 3 rings (SSSR count). The molecule has 13 heteroatoms. The summed E-state index contributed by atoms with van der Waals surface area (Å²) >= 11 is 1.43. The van der Waals surface area contributed by atoms with Crippen molar-refractivity contribution in [2.45, 2.75) is 49.9 Å². The van der Waals surface area contributed by atoms with Crippen LogP contribution in [0.3, 0.4) is 0 Å². The van der Waals surface area contributed by atoms with Crippen molar-refractivity contribution < 1.29 is 34.2 Å². The number of rotatable bonds is 16. The Labute approximate surface area is 246 Å². The summed E-state index contributed by atoms with van der Waals surface area (Å²) in [4.78, 5) is 65.7. The number of nitrogens with two attached hydrogens (primary N) is 1. The number of carboxylic acid groups (broad SMARTS) is 2. The zero-order valence-electron chi connectivity index (χ0n) is 23.0. The lowest BCUT2D eigenvalue weighted by molar-refractivity contribution is -0.142. The van der Waals surface area contributed by atoms with Crippen LogP contribution in [0.5, 0.6) is 0 Å². The summed E-state index contributed by atoms with van der Waals surface area (Å²) in [5.74, 6) is -4.23. The number of benzene rings is 2. The molecule has 224 valence electrons. The van der Waals surface area contributed by atoms with Crippen molar-refractivity contribution in [2.75, 3.05) is 12.0 Å². The van der Waals surface area contributed by atoms with E-state index in [9.17, 15) is 29.1 Å². The van der Waals surface area contributed by atoms with Crippen molar-refractivity contribution in [1.29, 1.82) is 0 Å². The maximum absolute atomic E-state index is 13.6. The van der Waals surface area contributed by atoms with E-state index in [4.69, 9.17) is 10.8 Å². The van der Waals surface area contributed by atoms with Gasteiger partial charge in [-0.3, -0.25) is 19.2 Å². The van der Waals surface area contributed by atoms with Gasteiger partial charge in [-0.2, -0.15) is 11.8 Å². The van der Waals surface area contributed by atoms with Crippen LogP contribution in [-0.2, 0) is 36.8 Å². The van der Waals surface area contributed by atoms with Gasteiger partial charge in [-0.05, 0) is 35.6 Å². The van der Waals surface area contributed by atoms with Gasteiger partial charge in [0, 0.05) is 29.9 Å². The summed E-state index contributed by atoms with van der Waals surface area (Å²) in [5.41, 5.74) is 7.93. The fraction of sp³-hybridized carbons (Fsp3) is 0.345. The molecule has 42 heavy (non-hydrogen) atoms. The lowest BCUT2D eigenvalue weighted by atomic mass is 10.0. The van der Waals surface area contributed by atoms with Crippen LogP contribution >= 0.6 is 11.8 Å². The molecule has 0 aliphatic rings. The van der Waals surface area contributed by atoms with E-state index in [2.05, 4.69) is 20.9 Å². The number of aliphatic carboxylic acids is 2. The molecular formula is C29H35N5O7S. The third kappa shape index (κ3) is 9.35. The number of fused-ring (bicyclic) bond motifs is 1. The monoisotopic (exact) mass is 597 g/mol. The van der Waals surface area contributed by atoms with Gasteiger partial charge in [-0.15, -0.1) is 0 Å². The number of nitrogens with one attached hydrogen (secondary N) is 4. The van der Waals surface area contributed by atoms with Gasteiger partial charge in [-0.25, -0.2) is 4.79 Å². The molecule has 0 aliphatic heterocycles. The molecule has 0 saturated heterocycles. The molecule has 0 saturated carbocycles. The molecule has 4 atom stereocenters. The largest absolute Gasteiger partial charge is 0.481 e. The average molecular weight is 598 g/mol. The number of carbonyl (C=O) groups excluding carboxylic acids is 3. The molecule has 4 unspecified atom stereocenters. The third-order valence-corrected chi connectivity index (χ3v) is 7.25. The molecule has 0 spiro atoms. The Morgan fingerprint density at radius 3 is 2.12 bits per heavy atom. The van der Waals surface area contributed by atoms with E-state index in [0.717, 1.165) is 10.9 Å². The highest BCUT2D eigenvalue weighted by molar-refractivity contribution is 7.98. The van der Waals surface area contributed by atoms with Crippen molar-refractivity contribution in [2.24, 2.45) is 5.73 Å². The van der Waals surface area contributed by atoms with Crippen LogP contribution in [0.25, 0.3) is 10.9 Å². The zero-order chi connectivity index (χ0) is 30.6. The van der Waals surface area contributed by atoms with E-state index in [1.165, 1.54) is 11.8 Å². The Kier molecular flexibility index (Phi) is 11.9. The molecule has 8 N–H and O–H groups in total. The summed E-state index contributed by atoms with van der Waals surface area (Å²) in [6.45, 7) is 0. The second kappa shape index (κ2) is 15.6. The Bertz CT molecular complexity index is 1400. The van der Waals surface area contributed by atoms with Gasteiger partial charge in [0.1, 0.15) is 18.1 Å². The number of aromatic amines is 1. The molecule has 0 fully saturated rings. The highest BCUT2D eigenvalue weighted by Crippen LogP contribution is 2.19. The topological polar surface area (TPSA) is 204 Å². The van der Waals surface area contributed by atoms with Crippen molar-refractivity contribution in [3.05, 3.63) is 71.9 Å². The fourth-order valence-electron chi connectivity index (χ4n) is 4.39. The summed E-state index contributed by atoms with van der Waals surface area (Å²) in [7, 11) is 0. The number of H-pyrrole nitrogens is 1. The number of aromatic nitrogens is 1. The molecular weight excluding hydrogens is 562 g/mol. The van der Waals surface area contributed by atoms with Gasteiger partial charge in [0.2, 0.25) is 17.7 Å². The first kappa shape index (κ1) is 32.2. The number of amides is 3. The Hall–Kier alpha value is -4.36. The molecule has 12 nitrogen and oxygen atoms in total. The normalized spacial score (nSPS) is 13.9. The third-order valence-electron chi connectivity index (χ3n) is 6.60. The van der Waals surface area contributed by atoms with Crippen LogP contribution in [0.2, 0.25) is 0 Å². The first-order valence-corrected chi connectivity index (χ1v) is 14.7. The minimum atomic E-state index is -1.37. The predicted octanol–water partition coefficient (Wildman–Crippen LogP) is 1.05. The highest BCUT2D eigenvalue weighted by atomic mass is 32.2. The first-order chi connectivity index (χ1) is 20.1. The van der Waals surface area contributed by atoms with E-state index in [0.29, 0.717) is 16.9 Å². The Morgan fingerprint density at radius 2 is 1.45 bits per heavy atom. The smallest absolute Gasteiger partial charge is 0.326 e. The number of hydrogen-bond donors (Lipinski definition) is 7. The molecule has 1 aromatic heterocycles.